The number of hydrogen-bond donors (Lipinski definition) is 4. The molecule has 0 aromatic heterocycles. The highest BCUT2D eigenvalue weighted by Crippen LogP contribution is 2.39. The van der Waals surface area contributed by atoms with Crippen molar-refractivity contribution in [1.82, 2.24) is 5.32 Å². The molecule has 1 atom stereocenters. The Bertz CT molecular complexity index is 1090. The third-order valence-electron chi connectivity index (χ3n) is 4.66. The molecule has 0 radical (unpaired) electrons. The van der Waals surface area contributed by atoms with Gasteiger partial charge in [0.25, 0.3) is 5.91 Å². The highest BCUT2D eigenvalue weighted by molar-refractivity contribution is 6.11. The number of rotatable bonds is 7. The van der Waals surface area contributed by atoms with Crippen LogP contribution >= 0.6 is 0 Å². The summed E-state index contributed by atoms with van der Waals surface area (Å²) in [5.41, 5.74) is 8.13. The summed E-state index contributed by atoms with van der Waals surface area (Å²) >= 11 is 0. The first-order valence-corrected chi connectivity index (χ1v) is 9.99. The standard InChI is InChI=1S/C22H26N6O5/c1-12-6-5-7-13(8-12)25-21(23)28-22-26-15(20(30)27-22)11-18(29)24-14-9-16(31-2)19(33-4)17(10-14)32-3/h5-10,15H,11H2,1-4H3,(H,24,29)(H4,23,25,26,27,28,30). The number of hydrogen-bond acceptors (Lipinski definition) is 7. The largest absolute Gasteiger partial charge is 0.493 e. The summed E-state index contributed by atoms with van der Waals surface area (Å²) < 4.78 is 15.8. The number of nitrogens with zero attached hydrogens (tertiary/aromatic N) is 2. The molecule has 0 saturated carbocycles. The summed E-state index contributed by atoms with van der Waals surface area (Å²) in [5, 5.41) is 8.15. The number of aryl methyl sites for hydroxylation is 1. The minimum absolute atomic E-state index is 0.0308. The highest BCUT2D eigenvalue weighted by atomic mass is 16.5. The lowest BCUT2D eigenvalue weighted by atomic mass is 10.2. The predicted molar refractivity (Wildman–Crippen MR) is 125 cm³/mol. The maximum absolute atomic E-state index is 12.5. The van der Waals surface area contributed by atoms with Crippen LogP contribution in [0.25, 0.3) is 0 Å². The van der Waals surface area contributed by atoms with E-state index < -0.39 is 17.9 Å². The quantitative estimate of drug-likeness (QED) is 0.367. The minimum Gasteiger partial charge on any atom is -0.493 e. The molecule has 1 unspecified atom stereocenters. The smallest absolute Gasteiger partial charge is 0.252 e. The second-order valence-corrected chi connectivity index (χ2v) is 7.12. The molecule has 1 aliphatic rings. The molecule has 3 rings (SSSR count). The van der Waals surface area contributed by atoms with Crippen LogP contribution in [0.3, 0.4) is 0 Å². The molecule has 1 heterocycles. The fourth-order valence-electron chi connectivity index (χ4n) is 3.18. The van der Waals surface area contributed by atoms with Gasteiger partial charge in [-0.1, -0.05) is 12.1 Å². The number of guanidine groups is 2. The van der Waals surface area contributed by atoms with E-state index >= 15 is 0 Å². The van der Waals surface area contributed by atoms with Crippen LogP contribution in [0, 0.1) is 6.92 Å². The molecule has 0 spiro atoms. The number of aliphatic imine (C=N–C) groups is 2. The van der Waals surface area contributed by atoms with Crippen molar-refractivity contribution in [1.29, 1.82) is 0 Å². The fourth-order valence-corrected chi connectivity index (χ4v) is 3.18. The lowest BCUT2D eigenvalue weighted by Crippen LogP contribution is -2.32. The lowest BCUT2D eigenvalue weighted by Gasteiger charge is -2.14. The first-order chi connectivity index (χ1) is 15.8. The normalized spacial score (nSPS) is 15.4. The molecule has 0 aliphatic carbocycles. The van der Waals surface area contributed by atoms with E-state index in [9.17, 15) is 9.59 Å². The molecule has 2 aromatic carbocycles. The predicted octanol–water partition coefficient (Wildman–Crippen LogP) is 1.63. The van der Waals surface area contributed by atoms with Gasteiger partial charge in [0.2, 0.25) is 23.6 Å². The van der Waals surface area contributed by atoms with Crippen molar-refractivity contribution in [2.45, 2.75) is 19.4 Å². The Kier molecular flexibility index (Phi) is 7.34. The van der Waals surface area contributed by atoms with E-state index in [1.54, 1.807) is 12.1 Å². The molecule has 33 heavy (non-hydrogen) atoms. The van der Waals surface area contributed by atoms with E-state index in [-0.39, 0.29) is 18.3 Å². The maximum atomic E-state index is 12.5. The van der Waals surface area contributed by atoms with E-state index in [1.165, 1.54) is 21.3 Å². The van der Waals surface area contributed by atoms with Gasteiger partial charge in [0, 0.05) is 23.5 Å². The van der Waals surface area contributed by atoms with Gasteiger partial charge in [-0.3, -0.25) is 14.9 Å². The van der Waals surface area contributed by atoms with Crippen LogP contribution in [0.15, 0.2) is 46.4 Å². The molecule has 5 N–H and O–H groups in total. The van der Waals surface area contributed by atoms with Crippen LogP contribution in [0.4, 0.5) is 11.4 Å². The molecule has 0 bridgehead atoms. The van der Waals surface area contributed by atoms with Gasteiger partial charge in [0.05, 0.1) is 27.8 Å². The Morgan fingerprint density at radius 3 is 2.39 bits per heavy atom. The van der Waals surface area contributed by atoms with E-state index in [2.05, 4.69) is 25.9 Å². The van der Waals surface area contributed by atoms with Gasteiger partial charge in [-0.05, 0) is 24.6 Å². The Balaban J connectivity index is 1.66. The Labute approximate surface area is 191 Å². The number of carbonyl (C=O) groups excluding carboxylic acids is 2. The first kappa shape index (κ1) is 23.4. The molecule has 2 amide bonds. The van der Waals surface area contributed by atoms with Gasteiger partial charge >= 0.3 is 0 Å². The third-order valence-corrected chi connectivity index (χ3v) is 4.66. The van der Waals surface area contributed by atoms with Gasteiger partial charge in [0.15, 0.2) is 11.5 Å². The summed E-state index contributed by atoms with van der Waals surface area (Å²) in [6.45, 7) is 1.95. The first-order valence-electron chi connectivity index (χ1n) is 9.99. The van der Waals surface area contributed by atoms with E-state index in [1.807, 2.05) is 31.2 Å². The molecular formula is C22H26N6O5. The van der Waals surface area contributed by atoms with E-state index in [0.717, 1.165) is 11.3 Å². The van der Waals surface area contributed by atoms with Crippen LogP contribution in [0.1, 0.15) is 12.0 Å². The SMILES string of the molecule is COc1cc(NC(=O)CC2N=C(/N=C(\N)Nc3cccc(C)c3)NC2=O)cc(OC)c1OC. The fraction of sp³-hybridized carbons (Fsp3) is 0.273. The second-order valence-electron chi connectivity index (χ2n) is 7.12. The summed E-state index contributed by atoms with van der Waals surface area (Å²) in [5.74, 6) is 0.387. The number of methoxy groups -OCH3 is 3. The summed E-state index contributed by atoms with van der Waals surface area (Å²) in [7, 11) is 4.43. The van der Waals surface area contributed by atoms with Gasteiger partial charge < -0.3 is 30.6 Å². The second kappa shape index (κ2) is 10.4. The maximum Gasteiger partial charge on any atom is 0.252 e. The van der Waals surface area contributed by atoms with Crippen LogP contribution < -0.4 is 35.9 Å². The highest BCUT2D eigenvalue weighted by Gasteiger charge is 2.29. The number of ether oxygens (including phenoxy) is 3. The Morgan fingerprint density at radius 1 is 1.09 bits per heavy atom. The van der Waals surface area contributed by atoms with Crippen molar-refractivity contribution >= 4 is 35.1 Å². The Hall–Kier alpha value is -4.28. The van der Waals surface area contributed by atoms with E-state index in [0.29, 0.717) is 22.9 Å². The van der Waals surface area contributed by atoms with Gasteiger partial charge in [-0.15, -0.1) is 0 Å². The van der Waals surface area contributed by atoms with Crippen LogP contribution in [0.5, 0.6) is 17.2 Å². The number of nitrogens with one attached hydrogen (secondary N) is 3. The average molecular weight is 454 g/mol. The summed E-state index contributed by atoms with van der Waals surface area (Å²) in [6.07, 6.45) is -0.188. The minimum atomic E-state index is -0.933. The van der Waals surface area contributed by atoms with Crippen LogP contribution in [-0.4, -0.2) is 51.1 Å². The number of amides is 2. The molecule has 174 valence electrons. The number of anilines is 2. The number of nitrogens with two attached hydrogens (primary N) is 1. The van der Waals surface area contributed by atoms with Crippen molar-refractivity contribution in [2.24, 2.45) is 15.7 Å². The molecule has 0 saturated heterocycles. The molecule has 11 heteroatoms. The molecule has 11 nitrogen and oxygen atoms in total. The monoisotopic (exact) mass is 454 g/mol. The topological polar surface area (TPSA) is 149 Å². The van der Waals surface area contributed by atoms with Gasteiger partial charge in [-0.2, -0.15) is 4.99 Å². The average Bonchev–Trinajstić information content (AvgIpc) is 3.10. The number of carbonyl (C=O) groups is 2. The third kappa shape index (κ3) is 5.91. The molecular weight excluding hydrogens is 428 g/mol. The zero-order chi connectivity index (χ0) is 24.0. The van der Waals surface area contributed by atoms with Crippen molar-refractivity contribution in [3.05, 3.63) is 42.0 Å². The van der Waals surface area contributed by atoms with Crippen molar-refractivity contribution in [3.8, 4) is 17.2 Å². The van der Waals surface area contributed by atoms with Crippen LogP contribution in [0.2, 0.25) is 0 Å². The zero-order valence-corrected chi connectivity index (χ0v) is 18.8. The van der Waals surface area contributed by atoms with E-state index in [4.69, 9.17) is 19.9 Å². The summed E-state index contributed by atoms with van der Waals surface area (Å²) in [4.78, 5) is 33.0. The van der Waals surface area contributed by atoms with Gasteiger partial charge in [-0.25, -0.2) is 4.99 Å². The summed E-state index contributed by atoms with van der Waals surface area (Å²) in [6, 6.07) is 9.80. The van der Waals surface area contributed by atoms with Crippen molar-refractivity contribution in [2.75, 3.05) is 32.0 Å². The van der Waals surface area contributed by atoms with Crippen molar-refractivity contribution < 1.29 is 23.8 Å². The molecule has 0 fully saturated rings. The number of benzene rings is 2. The lowest BCUT2D eigenvalue weighted by molar-refractivity contribution is -0.123. The molecule has 1 aliphatic heterocycles. The Morgan fingerprint density at radius 2 is 1.79 bits per heavy atom. The molecule has 2 aromatic rings. The van der Waals surface area contributed by atoms with Gasteiger partial charge in [0.1, 0.15) is 6.04 Å². The van der Waals surface area contributed by atoms with Crippen LogP contribution in [-0.2, 0) is 9.59 Å². The zero-order valence-electron chi connectivity index (χ0n) is 18.8. The van der Waals surface area contributed by atoms with Crippen molar-refractivity contribution in [3.63, 3.8) is 0 Å².